The van der Waals surface area contributed by atoms with Crippen molar-refractivity contribution in [2.24, 2.45) is 5.92 Å². The van der Waals surface area contributed by atoms with Gasteiger partial charge in [0.25, 0.3) is 0 Å². The molecule has 4 nitrogen and oxygen atoms in total. The molecule has 0 aromatic heterocycles. The van der Waals surface area contributed by atoms with Gasteiger partial charge in [0.2, 0.25) is 0 Å². The number of piperidine rings is 1. The summed E-state index contributed by atoms with van der Waals surface area (Å²) in [6.45, 7) is 8.56. The van der Waals surface area contributed by atoms with E-state index in [0.29, 0.717) is 31.8 Å². The van der Waals surface area contributed by atoms with E-state index >= 15 is 0 Å². The van der Waals surface area contributed by atoms with Gasteiger partial charge in [-0.25, -0.2) is 4.79 Å². The first kappa shape index (κ1) is 13.3. The molecule has 16 heavy (non-hydrogen) atoms. The zero-order chi connectivity index (χ0) is 12.0. The van der Waals surface area contributed by atoms with Crippen molar-refractivity contribution in [2.75, 3.05) is 26.4 Å². The summed E-state index contributed by atoms with van der Waals surface area (Å²) in [6.07, 6.45) is 1.95. The smallest absolute Gasteiger partial charge is 0.410 e. The molecule has 2 atom stereocenters. The van der Waals surface area contributed by atoms with Gasteiger partial charge in [0.1, 0.15) is 6.61 Å². The van der Waals surface area contributed by atoms with Crippen molar-refractivity contribution in [3.8, 4) is 0 Å². The topological polar surface area (TPSA) is 38.8 Å². The van der Waals surface area contributed by atoms with Gasteiger partial charge in [0, 0.05) is 19.2 Å². The van der Waals surface area contributed by atoms with Crippen molar-refractivity contribution in [3.63, 3.8) is 0 Å². The molecule has 1 aliphatic rings. The van der Waals surface area contributed by atoms with Gasteiger partial charge >= 0.3 is 6.09 Å². The zero-order valence-corrected chi connectivity index (χ0v) is 10.6. The number of hydrogen-bond acceptors (Lipinski definition) is 3. The molecule has 1 aliphatic heterocycles. The average molecular weight is 229 g/mol. The van der Waals surface area contributed by atoms with Crippen LogP contribution in [0.1, 0.15) is 33.6 Å². The molecule has 1 rings (SSSR count). The molecule has 0 N–H and O–H groups in total. The summed E-state index contributed by atoms with van der Waals surface area (Å²) < 4.78 is 10.3. The third-order valence-corrected chi connectivity index (χ3v) is 3.03. The van der Waals surface area contributed by atoms with Gasteiger partial charge < -0.3 is 14.4 Å². The fourth-order valence-corrected chi connectivity index (χ4v) is 2.09. The van der Waals surface area contributed by atoms with Crippen molar-refractivity contribution in [3.05, 3.63) is 0 Å². The maximum absolute atomic E-state index is 11.7. The summed E-state index contributed by atoms with van der Waals surface area (Å²) in [4.78, 5) is 13.6. The number of likely N-dealkylation sites (tertiary alicyclic amines) is 1. The summed E-state index contributed by atoms with van der Waals surface area (Å²) in [6, 6.07) is 0.295. The number of ether oxygens (including phenoxy) is 2. The van der Waals surface area contributed by atoms with Gasteiger partial charge in [0.05, 0.1) is 6.61 Å². The third kappa shape index (κ3) is 4.00. The first-order valence-electron chi connectivity index (χ1n) is 6.16. The minimum atomic E-state index is -0.195. The van der Waals surface area contributed by atoms with Crippen LogP contribution >= 0.6 is 0 Å². The summed E-state index contributed by atoms with van der Waals surface area (Å²) in [5.41, 5.74) is 0. The van der Waals surface area contributed by atoms with Crippen LogP contribution in [-0.2, 0) is 9.47 Å². The third-order valence-electron chi connectivity index (χ3n) is 3.03. The number of amides is 1. The second-order valence-electron chi connectivity index (χ2n) is 4.48. The Morgan fingerprint density at radius 1 is 1.38 bits per heavy atom. The van der Waals surface area contributed by atoms with Crippen molar-refractivity contribution in [1.82, 2.24) is 4.90 Å². The Hall–Kier alpha value is -0.770. The van der Waals surface area contributed by atoms with E-state index in [9.17, 15) is 4.79 Å². The fourth-order valence-electron chi connectivity index (χ4n) is 2.09. The highest BCUT2D eigenvalue weighted by molar-refractivity contribution is 5.68. The molecule has 1 fully saturated rings. The van der Waals surface area contributed by atoms with Crippen LogP contribution in [0.2, 0.25) is 0 Å². The molecule has 4 heteroatoms. The molecule has 1 amide bonds. The van der Waals surface area contributed by atoms with Gasteiger partial charge in [-0.15, -0.1) is 0 Å². The number of hydrogen-bond donors (Lipinski definition) is 0. The van der Waals surface area contributed by atoms with Crippen molar-refractivity contribution >= 4 is 6.09 Å². The van der Waals surface area contributed by atoms with E-state index in [0.717, 1.165) is 19.4 Å². The van der Waals surface area contributed by atoms with Crippen molar-refractivity contribution in [1.29, 1.82) is 0 Å². The maximum Gasteiger partial charge on any atom is 0.410 e. The first-order chi connectivity index (χ1) is 7.65. The van der Waals surface area contributed by atoms with Gasteiger partial charge in [0.15, 0.2) is 0 Å². The molecule has 0 radical (unpaired) electrons. The van der Waals surface area contributed by atoms with Gasteiger partial charge in [-0.1, -0.05) is 6.92 Å². The molecule has 1 saturated heterocycles. The van der Waals surface area contributed by atoms with E-state index in [1.165, 1.54) is 0 Å². The number of nitrogens with zero attached hydrogens (tertiary/aromatic N) is 1. The number of rotatable bonds is 4. The lowest BCUT2D eigenvalue weighted by Crippen LogP contribution is -2.44. The highest BCUT2D eigenvalue weighted by atomic mass is 16.6. The number of carbonyl (C=O) groups excluding carboxylic acids is 1. The fraction of sp³-hybridized carbons (Fsp3) is 0.917. The van der Waals surface area contributed by atoms with Crippen LogP contribution in [0.25, 0.3) is 0 Å². The molecular weight excluding hydrogens is 206 g/mol. The van der Waals surface area contributed by atoms with Gasteiger partial charge in [-0.2, -0.15) is 0 Å². The van der Waals surface area contributed by atoms with E-state index in [2.05, 4.69) is 13.8 Å². The molecule has 94 valence electrons. The molecule has 0 aromatic rings. The quantitative estimate of drug-likeness (QED) is 0.694. The lowest BCUT2D eigenvalue weighted by molar-refractivity contribution is 0.0413. The van der Waals surface area contributed by atoms with Crippen LogP contribution in [0.4, 0.5) is 4.79 Å². The maximum atomic E-state index is 11.7. The Labute approximate surface area is 97.9 Å². The number of carbonyl (C=O) groups is 1. The van der Waals surface area contributed by atoms with Crippen molar-refractivity contribution < 1.29 is 14.3 Å². The van der Waals surface area contributed by atoms with Crippen LogP contribution < -0.4 is 0 Å². The molecule has 0 bridgehead atoms. The van der Waals surface area contributed by atoms with E-state index in [-0.39, 0.29) is 6.09 Å². The highest BCUT2D eigenvalue weighted by Gasteiger charge is 2.27. The standard InChI is InChI=1S/C12H23NO3/c1-4-15-7-8-16-12(14)13-6-5-10(2)9-11(13)3/h10-11H,4-9H2,1-3H3. The predicted octanol–water partition coefficient (Wildman–Crippen LogP) is 2.28. The van der Waals surface area contributed by atoms with E-state index in [1.54, 1.807) is 0 Å². The van der Waals surface area contributed by atoms with Crippen LogP contribution in [0.5, 0.6) is 0 Å². The SMILES string of the molecule is CCOCCOC(=O)N1CCC(C)CC1C. The second kappa shape index (κ2) is 6.74. The Kier molecular flexibility index (Phi) is 5.60. The molecule has 1 heterocycles. The van der Waals surface area contributed by atoms with E-state index in [1.807, 2.05) is 11.8 Å². The highest BCUT2D eigenvalue weighted by Crippen LogP contribution is 2.22. The predicted molar refractivity (Wildman–Crippen MR) is 62.4 cm³/mol. The van der Waals surface area contributed by atoms with Crippen LogP contribution in [-0.4, -0.2) is 43.4 Å². The molecule has 0 saturated carbocycles. The minimum absolute atomic E-state index is 0.195. The molecule has 0 aliphatic carbocycles. The average Bonchev–Trinajstić information content (AvgIpc) is 2.24. The Bertz CT molecular complexity index is 220. The summed E-state index contributed by atoms with van der Waals surface area (Å²) >= 11 is 0. The van der Waals surface area contributed by atoms with E-state index in [4.69, 9.17) is 9.47 Å². The largest absolute Gasteiger partial charge is 0.447 e. The Morgan fingerprint density at radius 3 is 2.75 bits per heavy atom. The summed E-state index contributed by atoms with van der Waals surface area (Å²) in [5, 5.41) is 0. The first-order valence-corrected chi connectivity index (χ1v) is 6.16. The molecular formula is C12H23NO3. The van der Waals surface area contributed by atoms with Crippen LogP contribution in [0.3, 0.4) is 0 Å². The normalized spacial score (nSPS) is 25.6. The molecule has 2 unspecified atom stereocenters. The Balaban J connectivity index is 2.25. The van der Waals surface area contributed by atoms with Crippen LogP contribution in [0, 0.1) is 5.92 Å². The zero-order valence-electron chi connectivity index (χ0n) is 10.6. The molecule has 0 aromatic carbocycles. The summed E-state index contributed by atoms with van der Waals surface area (Å²) in [7, 11) is 0. The van der Waals surface area contributed by atoms with Gasteiger partial charge in [-0.05, 0) is 32.6 Å². The minimum Gasteiger partial charge on any atom is -0.447 e. The second-order valence-corrected chi connectivity index (χ2v) is 4.48. The van der Waals surface area contributed by atoms with Crippen LogP contribution in [0.15, 0.2) is 0 Å². The van der Waals surface area contributed by atoms with Crippen molar-refractivity contribution in [2.45, 2.75) is 39.7 Å². The van der Waals surface area contributed by atoms with Gasteiger partial charge in [-0.3, -0.25) is 0 Å². The van der Waals surface area contributed by atoms with E-state index < -0.39 is 0 Å². The monoisotopic (exact) mass is 229 g/mol. The lowest BCUT2D eigenvalue weighted by atomic mass is 9.94. The Morgan fingerprint density at radius 2 is 2.12 bits per heavy atom. The summed E-state index contributed by atoms with van der Waals surface area (Å²) in [5.74, 6) is 0.711. The lowest BCUT2D eigenvalue weighted by Gasteiger charge is -2.35. The molecule has 0 spiro atoms.